The SMILES string of the molecule is c1ccc(-n2c3ccc4c5ccccc5sc4c3c3cccnc32)cc1. The Hall–Kier alpha value is -3.17. The molecule has 0 fully saturated rings. The number of fused-ring (bicyclic) bond motifs is 7. The van der Waals surface area contributed by atoms with Crippen molar-refractivity contribution in [3.63, 3.8) is 0 Å². The monoisotopic (exact) mass is 350 g/mol. The third-order valence-electron chi connectivity index (χ3n) is 5.05. The largest absolute Gasteiger partial charge is 0.294 e. The molecule has 3 aromatic heterocycles. The van der Waals surface area contributed by atoms with Crippen molar-refractivity contribution < 1.29 is 0 Å². The summed E-state index contributed by atoms with van der Waals surface area (Å²) in [7, 11) is 0. The Morgan fingerprint density at radius 2 is 1.50 bits per heavy atom. The lowest BCUT2D eigenvalue weighted by molar-refractivity contribution is 1.14. The van der Waals surface area contributed by atoms with Crippen LogP contribution in [0.25, 0.3) is 47.8 Å². The lowest BCUT2D eigenvalue weighted by atomic mass is 10.1. The quantitative estimate of drug-likeness (QED) is 0.329. The summed E-state index contributed by atoms with van der Waals surface area (Å²) < 4.78 is 4.95. The van der Waals surface area contributed by atoms with Gasteiger partial charge in [0.25, 0.3) is 0 Å². The first-order valence-electron chi connectivity index (χ1n) is 8.66. The van der Waals surface area contributed by atoms with Crippen LogP contribution in [0.3, 0.4) is 0 Å². The van der Waals surface area contributed by atoms with E-state index in [-0.39, 0.29) is 0 Å². The second-order valence-corrected chi connectivity index (χ2v) is 7.53. The standard InChI is InChI=1S/C23H14N2S/c1-2-7-15(8-3-1)25-19-13-12-17-16-9-4-5-11-20(16)26-22(17)21(19)18-10-6-14-24-23(18)25/h1-14H. The van der Waals surface area contributed by atoms with Crippen LogP contribution >= 0.6 is 11.3 Å². The smallest absolute Gasteiger partial charge is 0.145 e. The van der Waals surface area contributed by atoms with E-state index in [0.29, 0.717) is 0 Å². The van der Waals surface area contributed by atoms with Crippen molar-refractivity contribution in [2.75, 3.05) is 0 Å². The maximum atomic E-state index is 4.72. The summed E-state index contributed by atoms with van der Waals surface area (Å²) in [6.07, 6.45) is 1.88. The van der Waals surface area contributed by atoms with Crippen LogP contribution in [-0.4, -0.2) is 9.55 Å². The van der Waals surface area contributed by atoms with Gasteiger partial charge >= 0.3 is 0 Å². The molecule has 0 bridgehead atoms. The lowest BCUT2D eigenvalue weighted by Gasteiger charge is -2.06. The molecular formula is C23H14N2S. The highest BCUT2D eigenvalue weighted by molar-refractivity contribution is 7.26. The Morgan fingerprint density at radius 1 is 0.692 bits per heavy atom. The third-order valence-corrected chi connectivity index (χ3v) is 6.25. The van der Waals surface area contributed by atoms with Crippen LogP contribution in [0.2, 0.25) is 0 Å². The average molecular weight is 350 g/mol. The van der Waals surface area contributed by atoms with Crippen LogP contribution < -0.4 is 0 Å². The summed E-state index contributed by atoms with van der Waals surface area (Å²) in [4.78, 5) is 4.72. The zero-order chi connectivity index (χ0) is 17.1. The first kappa shape index (κ1) is 14.0. The maximum Gasteiger partial charge on any atom is 0.145 e. The molecule has 0 unspecified atom stereocenters. The van der Waals surface area contributed by atoms with Crippen LogP contribution in [-0.2, 0) is 0 Å². The van der Waals surface area contributed by atoms with Gasteiger partial charge in [-0.1, -0.05) is 42.5 Å². The van der Waals surface area contributed by atoms with Gasteiger partial charge in [0.2, 0.25) is 0 Å². The van der Waals surface area contributed by atoms with Gasteiger partial charge in [-0.15, -0.1) is 11.3 Å². The van der Waals surface area contributed by atoms with E-state index in [1.165, 1.54) is 36.5 Å². The number of hydrogen-bond acceptors (Lipinski definition) is 2. The van der Waals surface area contributed by atoms with Gasteiger partial charge in [-0.3, -0.25) is 4.57 Å². The summed E-state index contributed by atoms with van der Waals surface area (Å²) in [5.74, 6) is 0. The number of para-hydroxylation sites is 1. The maximum absolute atomic E-state index is 4.72. The predicted molar refractivity (Wildman–Crippen MR) is 111 cm³/mol. The second-order valence-electron chi connectivity index (χ2n) is 6.48. The number of benzene rings is 3. The van der Waals surface area contributed by atoms with Gasteiger partial charge in [-0.25, -0.2) is 4.98 Å². The van der Waals surface area contributed by atoms with Crippen molar-refractivity contribution in [3.8, 4) is 5.69 Å². The molecule has 0 aliphatic heterocycles. The zero-order valence-corrected chi connectivity index (χ0v) is 14.7. The molecule has 0 aliphatic rings. The number of thiophene rings is 1. The van der Waals surface area contributed by atoms with Crippen LogP contribution in [0, 0.1) is 0 Å². The number of pyridine rings is 1. The minimum absolute atomic E-state index is 1.01. The number of aromatic nitrogens is 2. The molecular weight excluding hydrogens is 336 g/mol. The Bertz CT molecular complexity index is 1420. The Morgan fingerprint density at radius 3 is 2.42 bits per heavy atom. The second kappa shape index (κ2) is 5.16. The van der Waals surface area contributed by atoms with Gasteiger partial charge in [0.05, 0.1) is 5.52 Å². The zero-order valence-electron chi connectivity index (χ0n) is 13.9. The summed E-state index contributed by atoms with van der Waals surface area (Å²) in [6.45, 7) is 0. The van der Waals surface area contributed by atoms with E-state index in [9.17, 15) is 0 Å². The highest BCUT2D eigenvalue weighted by atomic mass is 32.1. The van der Waals surface area contributed by atoms with Crippen molar-refractivity contribution in [2.24, 2.45) is 0 Å². The molecule has 0 N–H and O–H groups in total. The molecule has 0 saturated heterocycles. The summed E-state index contributed by atoms with van der Waals surface area (Å²) in [5.41, 5.74) is 3.37. The normalized spacial score (nSPS) is 11.8. The van der Waals surface area contributed by atoms with Crippen molar-refractivity contribution in [2.45, 2.75) is 0 Å². The molecule has 122 valence electrons. The molecule has 6 aromatic rings. The molecule has 6 rings (SSSR count). The Kier molecular flexibility index (Phi) is 2.79. The molecule has 0 atom stereocenters. The fraction of sp³-hybridized carbons (Fsp3) is 0. The van der Waals surface area contributed by atoms with Crippen molar-refractivity contribution >= 4 is 53.4 Å². The van der Waals surface area contributed by atoms with Crippen molar-refractivity contribution in [1.29, 1.82) is 0 Å². The van der Waals surface area contributed by atoms with Crippen molar-refractivity contribution in [1.82, 2.24) is 9.55 Å². The summed E-state index contributed by atoms with van der Waals surface area (Å²) >= 11 is 1.87. The van der Waals surface area contributed by atoms with E-state index in [0.717, 1.165) is 11.3 Å². The predicted octanol–water partition coefficient (Wildman–Crippen LogP) is 6.55. The van der Waals surface area contributed by atoms with Crippen LogP contribution in [0.1, 0.15) is 0 Å². The van der Waals surface area contributed by atoms with Gasteiger partial charge in [0.1, 0.15) is 5.65 Å². The number of rotatable bonds is 1. The van der Waals surface area contributed by atoms with Crippen molar-refractivity contribution in [3.05, 3.63) is 85.1 Å². The van der Waals surface area contributed by atoms with Gasteiger partial charge in [0.15, 0.2) is 0 Å². The number of nitrogens with zero attached hydrogens (tertiary/aromatic N) is 2. The van der Waals surface area contributed by atoms with Crippen LogP contribution in [0.5, 0.6) is 0 Å². The van der Waals surface area contributed by atoms with E-state index in [1.54, 1.807) is 0 Å². The minimum Gasteiger partial charge on any atom is -0.294 e. The fourth-order valence-electron chi connectivity index (χ4n) is 3.95. The summed E-state index contributed by atoms with van der Waals surface area (Å²) in [5, 5.41) is 5.17. The minimum atomic E-state index is 1.01. The van der Waals surface area contributed by atoms with Gasteiger partial charge in [-0.2, -0.15) is 0 Å². The molecule has 3 aromatic carbocycles. The first-order chi connectivity index (χ1) is 12.9. The highest BCUT2D eigenvalue weighted by Crippen LogP contribution is 2.42. The molecule has 0 radical (unpaired) electrons. The topological polar surface area (TPSA) is 17.8 Å². The molecule has 3 heterocycles. The number of hydrogen-bond donors (Lipinski definition) is 0. The highest BCUT2D eigenvalue weighted by Gasteiger charge is 2.17. The molecule has 0 amide bonds. The summed E-state index contributed by atoms with van der Waals surface area (Å²) in [6, 6.07) is 27.9. The average Bonchev–Trinajstić information content (AvgIpc) is 3.24. The molecule has 26 heavy (non-hydrogen) atoms. The Balaban J connectivity index is 1.89. The lowest BCUT2D eigenvalue weighted by Crippen LogP contribution is -1.94. The van der Waals surface area contributed by atoms with Gasteiger partial charge in [0, 0.05) is 42.8 Å². The van der Waals surface area contributed by atoms with Gasteiger partial charge < -0.3 is 0 Å². The van der Waals surface area contributed by atoms with E-state index in [4.69, 9.17) is 4.98 Å². The van der Waals surface area contributed by atoms with Gasteiger partial charge in [-0.05, 0) is 36.4 Å². The molecule has 0 saturated carbocycles. The molecule has 0 spiro atoms. The third kappa shape index (κ3) is 1.78. The molecule has 0 aliphatic carbocycles. The molecule has 2 nitrogen and oxygen atoms in total. The van der Waals surface area contributed by atoms with E-state index < -0.39 is 0 Å². The Labute approximate surface area is 153 Å². The van der Waals surface area contributed by atoms with Crippen LogP contribution in [0.15, 0.2) is 85.1 Å². The van der Waals surface area contributed by atoms with E-state index >= 15 is 0 Å². The van der Waals surface area contributed by atoms with E-state index in [1.807, 2.05) is 23.6 Å². The van der Waals surface area contributed by atoms with E-state index in [2.05, 4.69) is 77.4 Å². The molecule has 3 heteroatoms. The van der Waals surface area contributed by atoms with Crippen LogP contribution in [0.4, 0.5) is 0 Å². The first-order valence-corrected chi connectivity index (χ1v) is 9.48. The fourth-order valence-corrected chi connectivity index (χ4v) is 5.21.